The van der Waals surface area contributed by atoms with Gasteiger partial charge in [0.05, 0.1) is 12.0 Å². The first-order chi connectivity index (χ1) is 20.9. The van der Waals surface area contributed by atoms with Crippen molar-refractivity contribution < 1.29 is 18.4 Å². The molecule has 2 aliphatic heterocycles. The predicted molar refractivity (Wildman–Crippen MR) is 158 cm³/mol. The number of rotatable bonds is 7. The molecule has 1 saturated heterocycles. The van der Waals surface area contributed by atoms with Crippen LogP contribution in [0.25, 0.3) is 22.6 Å². The van der Waals surface area contributed by atoms with Gasteiger partial charge in [0.2, 0.25) is 11.8 Å². The molecular formula is C31H31FN8O3. The van der Waals surface area contributed by atoms with E-state index in [2.05, 4.69) is 43.5 Å². The van der Waals surface area contributed by atoms with Gasteiger partial charge >= 0.3 is 0 Å². The van der Waals surface area contributed by atoms with Crippen molar-refractivity contribution in [1.29, 1.82) is 0 Å². The van der Waals surface area contributed by atoms with E-state index in [0.717, 1.165) is 18.7 Å². The Morgan fingerprint density at radius 2 is 1.88 bits per heavy atom. The molecule has 2 amide bonds. The van der Waals surface area contributed by atoms with Gasteiger partial charge in [0.25, 0.3) is 5.91 Å². The van der Waals surface area contributed by atoms with E-state index in [1.165, 1.54) is 5.56 Å². The largest absolute Gasteiger partial charge is 0.436 e. The minimum absolute atomic E-state index is 0.0448. The average Bonchev–Trinajstić information content (AvgIpc) is 3.39. The van der Waals surface area contributed by atoms with Crippen molar-refractivity contribution in [2.45, 2.75) is 38.4 Å². The summed E-state index contributed by atoms with van der Waals surface area (Å²) >= 11 is 0. The zero-order chi connectivity index (χ0) is 29.5. The van der Waals surface area contributed by atoms with Crippen molar-refractivity contribution in [2.24, 2.45) is 16.9 Å². The lowest BCUT2D eigenvalue weighted by Gasteiger charge is -2.39. The lowest BCUT2D eigenvalue weighted by Crippen LogP contribution is -2.49. The fourth-order valence-electron chi connectivity index (χ4n) is 5.83. The molecule has 2 aromatic heterocycles. The van der Waals surface area contributed by atoms with Crippen molar-refractivity contribution in [3.05, 3.63) is 78.1 Å². The number of hydrazone groups is 1. The summed E-state index contributed by atoms with van der Waals surface area (Å²) in [4.78, 5) is 36.4. The molecule has 43 heavy (non-hydrogen) atoms. The smallest absolute Gasteiger partial charge is 0.272 e. The Kier molecular flexibility index (Phi) is 6.98. The van der Waals surface area contributed by atoms with Crippen LogP contribution in [0.5, 0.6) is 0 Å². The summed E-state index contributed by atoms with van der Waals surface area (Å²) in [5, 5.41) is 8.96. The summed E-state index contributed by atoms with van der Waals surface area (Å²) in [5.74, 6) is 0.389. The van der Waals surface area contributed by atoms with Crippen LogP contribution in [0, 0.1) is 11.8 Å². The second kappa shape index (κ2) is 11.1. The average molecular weight is 583 g/mol. The van der Waals surface area contributed by atoms with Crippen molar-refractivity contribution in [1.82, 2.24) is 30.9 Å². The van der Waals surface area contributed by atoms with Gasteiger partial charge in [-0.15, -0.1) is 10.2 Å². The number of pyridine rings is 1. The van der Waals surface area contributed by atoms with E-state index >= 15 is 0 Å². The van der Waals surface area contributed by atoms with Crippen LogP contribution in [0.15, 0.2) is 76.4 Å². The maximum absolute atomic E-state index is 13.5. The molecule has 3 aliphatic rings. The number of nitrogens with one attached hydrogen (secondary N) is 3. The van der Waals surface area contributed by atoms with Gasteiger partial charge in [-0.1, -0.05) is 30.3 Å². The van der Waals surface area contributed by atoms with Crippen molar-refractivity contribution in [3.63, 3.8) is 0 Å². The van der Waals surface area contributed by atoms with Crippen LogP contribution in [0.1, 0.15) is 48.3 Å². The van der Waals surface area contributed by atoms with Gasteiger partial charge in [-0.25, -0.2) is 14.9 Å². The minimum Gasteiger partial charge on any atom is -0.436 e. The van der Waals surface area contributed by atoms with E-state index in [9.17, 15) is 14.0 Å². The van der Waals surface area contributed by atoms with Gasteiger partial charge in [-0.3, -0.25) is 20.0 Å². The Balaban J connectivity index is 1.03. The number of carbonyl (C=O) groups excluding carboxylic acids is 2. The molecule has 0 spiro atoms. The van der Waals surface area contributed by atoms with Gasteiger partial charge in [0.15, 0.2) is 5.58 Å². The second-order valence-corrected chi connectivity index (χ2v) is 11.2. The number of aromatic nitrogens is 2. The highest BCUT2D eigenvalue weighted by Crippen LogP contribution is 2.36. The molecular weight excluding hydrogens is 551 g/mol. The molecule has 3 atom stereocenters. The van der Waals surface area contributed by atoms with Crippen LogP contribution in [-0.4, -0.2) is 56.9 Å². The number of amidine groups is 1. The van der Waals surface area contributed by atoms with Gasteiger partial charge in [0, 0.05) is 30.5 Å². The molecule has 1 aliphatic carbocycles. The number of hydrogen-bond donors (Lipinski definition) is 3. The molecule has 2 fully saturated rings. The normalized spacial score (nSPS) is 21.2. The minimum atomic E-state index is -1.06. The van der Waals surface area contributed by atoms with Gasteiger partial charge in [0.1, 0.15) is 23.2 Å². The van der Waals surface area contributed by atoms with E-state index in [1.54, 1.807) is 36.5 Å². The van der Waals surface area contributed by atoms with Gasteiger partial charge < -0.3 is 14.6 Å². The Morgan fingerprint density at radius 3 is 2.60 bits per heavy atom. The molecule has 220 valence electrons. The summed E-state index contributed by atoms with van der Waals surface area (Å²) < 4.78 is 19.2. The summed E-state index contributed by atoms with van der Waals surface area (Å²) in [7, 11) is 0. The van der Waals surface area contributed by atoms with Crippen LogP contribution in [0.3, 0.4) is 0 Å². The molecule has 2 aromatic carbocycles. The third-order valence-corrected chi connectivity index (χ3v) is 8.23. The Labute approximate surface area is 247 Å². The first kappa shape index (κ1) is 27.0. The van der Waals surface area contributed by atoms with Crippen LogP contribution >= 0.6 is 0 Å². The number of piperidine rings is 1. The van der Waals surface area contributed by atoms with E-state index in [0.29, 0.717) is 52.9 Å². The van der Waals surface area contributed by atoms with Crippen molar-refractivity contribution in [3.8, 4) is 11.5 Å². The van der Waals surface area contributed by atoms with Crippen LogP contribution in [0.4, 0.5) is 10.1 Å². The van der Waals surface area contributed by atoms with E-state index < -0.39 is 12.1 Å². The number of alkyl halides is 1. The highest BCUT2D eigenvalue weighted by molar-refractivity contribution is 5.96. The number of halogens is 1. The molecule has 3 N–H and O–H groups in total. The van der Waals surface area contributed by atoms with Gasteiger partial charge in [-0.05, 0) is 68.0 Å². The second-order valence-electron chi connectivity index (χ2n) is 11.2. The molecule has 0 bridgehead atoms. The number of nitrogens with zero attached hydrogens (tertiary/aromatic N) is 5. The summed E-state index contributed by atoms with van der Waals surface area (Å²) in [6.45, 7) is 3.12. The molecule has 1 saturated carbocycles. The molecule has 7 rings (SSSR count). The Bertz CT molecular complexity index is 1700. The quantitative estimate of drug-likeness (QED) is 0.292. The molecule has 12 heteroatoms. The monoisotopic (exact) mass is 582 g/mol. The standard InChI is InChI=1S/C31H31FN8O3/c1-18-36-38-40(37-18)28(19-5-3-2-4-6-19)20-10-13-39(14-11-20)31(42)26-15-21(9-12-33-26)30-35-25-16-22(7-8-27(25)43-30)34-29(41)23-17-24(23)32/h2-9,12,15-16,20,23-24,28,38H,10-11,13-14,17H2,1H3,(H,34,41)(H,36,37)/t23-,24?,28?/m0/s1. The summed E-state index contributed by atoms with van der Waals surface area (Å²) in [5.41, 5.74) is 10.1. The number of fused-ring (bicyclic) bond motifs is 1. The molecule has 4 aromatic rings. The number of likely N-dealkylation sites (tertiary alicyclic amines) is 1. The highest BCUT2D eigenvalue weighted by atomic mass is 19.1. The first-order valence-corrected chi connectivity index (χ1v) is 14.4. The summed E-state index contributed by atoms with van der Waals surface area (Å²) in [6, 6.07) is 18.9. The van der Waals surface area contributed by atoms with Crippen molar-refractivity contribution >= 4 is 34.4 Å². The fraction of sp³-hybridized carbons (Fsp3) is 0.323. The lowest BCUT2D eigenvalue weighted by atomic mass is 9.85. The number of carbonyl (C=O) groups is 2. The number of oxazole rings is 1. The maximum Gasteiger partial charge on any atom is 0.272 e. The number of anilines is 1. The number of hydrogen-bond acceptors (Lipinski definition) is 9. The highest BCUT2D eigenvalue weighted by Gasteiger charge is 2.43. The van der Waals surface area contributed by atoms with Gasteiger partial charge in [-0.2, -0.15) is 0 Å². The predicted octanol–water partition coefficient (Wildman–Crippen LogP) is 4.44. The van der Waals surface area contributed by atoms with E-state index in [4.69, 9.17) is 4.42 Å². The van der Waals surface area contributed by atoms with Crippen LogP contribution in [0.2, 0.25) is 0 Å². The fourth-order valence-corrected chi connectivity index (χ4v) is 5.83. The number of hydrazine groups is 2. The molecule has 11 nitrogen and oxygen atoms in total. The maximum atomic E-state index is 13.5. The number of amides is 2. The molecule has 2 unspecified atom stereocenters. The third kappa shape index (κ3) is 5.53. The van der Waals surface area contributed by atoms with E-state index in [1.807, 2.05) is 35.1 Å². The SMILES string of the molecule is CC1=NNN(C(c2ccccc2)C2CCN(C(=O)c3cc(-c4nc5cc(NC(=O)[C@H]6CC6F)ccc5o4)ccn3)CC2)N1. The molecule has 0 radical (unpaired) electrons. The number of benzene rings is 2. The zero-order valence-electron chi connectivity index (χ0n) is 23.5. The van der Waals surface area contributed by atoms with Crippen LogP contribution in [-0.2, 0) is 4.79 Å². The first-order valence-electron chi connectivity index (χ1n) is 14.4. The lowest BCUT2D eigenvalue weighted by molar-refractivity contribution is -0.117. The topological polar surface area (TPSA) is 128 Å². The summed E-state index contributed by atoms with van der Waals surface area (Å²) in [6.07, 6.45) is 2.42. The Morgan fingerprint density at radius 1 is 1.09 bits per heavy atom. The zero-order valence-corrected chi connectivity index (χ0v) is 23.5. The van der Waals surface area contributed by atoms with E-state index in [-0.39, 0.29) is 24.3 Å². The van der Waals surface area contributed by atoms with Crippen molar-refractivity contribution in [2.75, 3.05) is 18.4 Å². The van der Waals surface area contributed by atoms with Crippen LogP contribution < -0.4 is 16.3 Å². The Hall–Kier alpha value is -4.84. The molecule has 4 heterocycles. The third-order valence-electron chi connectivity index (χ3n) is 8.23.